The van der Waals surface area contributed by atoms with Crippen LogP contribution < -0.4 is 15.2 Å². The maximum absolute atomic E-state index is 13.8. The first-order valence-electron chi connectivity index (χ1n) is 5.99. The average molecular weight is 279 g/mol. The van der Waals surface area contributed by atoms with Crippen LogP contribution in [0.4, 0.5) is 8.78 Å². The van der Waals surface area contributed by atoms with Gasteiger partial charge in [0, 0.05) is 23.3 Å². The van der Waals surface area contributed by atoms with Crippen LogP contribution in [0.25, 0.3) is 0 Å². The van der Waals surface area contributed by atoms with E-state index in [1.165, 1.54) is 26.4 Å². The van der Waals surface area contributed by atoms with E-state index in [-0.39, 0.29) is 5.56 Å². The minimum absolute atomic E-state index is 0.204. The second-order valence-electron chi connectivity index (χ2n) is 4.25. The van der Waals surface area contributed by atoms with Gasteiger partial charge in [-0.3, -0.25) is 0 Å². The van der Waals surface area contributed by atoms with E-state index in [4.69, 9.17) is 15.2 Å². The van der Waals surface area contributed by atoms with Crippen LogP contribution in [0.3, 0.4) is 0 Å². The normalized spacial score (nSPS) is 12.1. The highest BCUT2D eigenvalue weighted by Gasteiger charge is 2.18. The van der Waals surface area contributed by atoms with E-state index in [9.17, 15) is 8.78 Å². The molecule has 0 saturated heterocycles. The molecular formula is C15H15F2NO2. The molecule has 3 nitrogen and oxygen atoms in total. The van der Waals surface area contributed by atoms with Gasteiger partial charge in [0.05, 0.1) is 20.3 Å². The summed E-state index contributed by atoms with van der Waals surface area (Å²) in [6, 6.07) is 7.63. The van der Waals surface area contributed by atoms with Crippen molar-refractivity contribution in [1.29, 1.82) is 0 Å². The molecule has 0 spiro atoms. The minimum atomic E-state index is -0.753. The number of hydrogen-bond acceptors (Lipinski definition) is 3. The monoisotopic (exact) mass is 279 g/mol. The largest absolute Gasteiger partial charge is 0.497 e. The van der Waals surface area contributed by atoms with Crippen LogP contribution in [-0.2, 0) is 0 Å². The topological polar surface area (TPSA) is 44.5 Å². The maximum Gasteiger partial charge on any atom is 0.131 e. The molecule has 2 rings (SSSR count). The van der Waals surface area contributed by atoms with E-state index in [0.717, 1.165) is 6.07 Å². The quantitative estimate of drug-likeness (QED) is 0.935. The van der Waals surface area contributed by atoms with Crippen molar-refractivity contribution >= 4 is 0 Å². The lowest BCUT2D eigenvalue weighted by Crippen LogP contribution is -2.15. The molecule has 0 amide bonds. The first-order valence-corrected chi connectivity index (χ1v) is 5.99. The Morgan fingerprint density at radius 2 is 1.65 bits per heavy atom. The molecule has 5 heteroatoms. The summed E-state index contributed by atoms with van der Waals surface area (Å²) in [5, 5.41) is 0. The third-order valence-electron chi connectivity index (χ3n) is 3.07. The van der Waals surface area contributed by atoms with Gasteiger partial charge in [-0.25, -0.2) is 8.78 Å². The Morgan fingerprint density at radius 3 is 2.25 bits per heavy atom. The standard InChI is InChI=1S/C15H15F2NO2/c1-19-10-4-6-12(14(8-10)20-2)15(18)11-5-3-9(16)7-13(11)17/h3-8,15H,18H2,1-2H3. The molecule has 2 aromatic carbocycles. The van der Waals surface area contributed by atoms with Crippen molar-refractivity contribution in [3.63, 3.8) is 0 Å². The summed E-state index contributed by atoms with van der Waals surface area (Å²) in [5.41, 5.74) is 6.85. The maximum atomic E-state index is 13.8. The number of methoxy groups -OCH3 is 2. The highest BCUT2D eigenvalue weighted by Crippen LogP contribution is 2.32. The molecule has 0 fully saturated rings. The zero-order valence-electron chi connectivity index (χ0n) is 11.2. The van der Waals surface area contributed by atoms with Crippen molar-refractivity contribution in [3.05, 3.63) is 59.2 Å². The predicted octanol–water partition coefficient (Wildman–Crippen LogP) is 3.03. The van der Waals surface area contributed by atoms with E-state index in [0.29, 0.717) is 17.1 Å². The number of benzene rings is 2. The van der Waals surface area contributed by atoms with Crippen molar-refractivity contribution < 1.29 is 18.3 Å². The van der Waals surface area contributed by atoms with Gasteiger partial charge >= 0.3 is 0 Å². The van der Waals surface area contributed by atoms with Crippen LogP contribution in [0.2, 0.25) is 0 Å². The zero-order chi connectivity index (χ0) is 14.7. The molecule has 106 valence electrons. The van der Waals surface area contributed by atoms with E-state index < -0.39 is 17.7 Å². The van der Waals surface area contributed by atoms with Crippen molar-refractivity contribution in [2.75, 3.05) is 14.2 Å². The SMILES string of the molecule is COc1ccc(C(N)c2ccc(F)cc2F)c(OC)c1. The van der Waals surface area contributed by atoms with Crippen LogP contribution in [0.5, 0.6) is 11.5 Å². The number of hydrogen-bond donors (Lipinski definition) is 1. The summed E-state index contributed by atoms with van der Waals surface area (Å²) in [6.07, 6.45) is 0. The van der Waals surface area contributed by atoms with Crippen LogP contribution >= 0.6 is 0 Å². The van der Waals surface area contributed by atoms with E-state index in [1.54, 1.807) is 18.2 Å². The predicted molar refractivity (Wildman–Crippen MR) is 71.9 cm³/mol. The summed E-state index contributed by atoms with van der Waals surface area (Å²) in [4.78, 5) is 0. The molecular weight excluding hydrogens is 264 g/mol. The Hall–Kier alpha value is -2.14. The molecule has 2 N–H and O–H groups in total. The van der Waals surface area contributed by atoms with E-state index in [2.05, 4.69) is 0 Å². The van der Waals surface area contributed by atoms with Gasteiger partial charge in [0.2, 0.25) is 0 Å². The third kappa shape index (κ3) is 2.72. The second-order valence-corrected chi connectivity index (χ2v) is 4.25. The Bertz CT molecular complexity index is 617. The molecule has 0 aliphatic carbocycles. The van der Waals surface area contributed by atoms with Gasteiger partial charge in [-0.1, -0.05) is 6.07 Å². The van der Waals surface area contributed by atoms with Crippen LogP contribution in [0.15, 0.2) is 36.4 Å². The van der Waals surface area contributed by atoms with Crippen molar-refractivity contribution in [2.24, 2.45) is 5.73 Å². The van der Waals surface area contributed by atoms with Gasteiger partial charge in [0.15, 0.2) is 0 Å². The molecule has 20 heavy (non-hydrogen) atoms. The fourth-order valence-electron chi connectivity index (χ4n) is 2.00. The Kier molecular flexibility index (Phi) is 4.20. The summed E-state index contributed by atoms with van der Waals surface area (Å²) >= 11 is 0. The van der Waals surface area contributed by atoms with Gasteiger partial charge in [-0.2, -0.15) is 0 Å². The summed E-state index contributed by atoms with van der Waals surface area (Å²) in [6.45, 7) is 0. The molecule has 0 aliphatic heterocycles. The first kappa shape index (κ1) is 14.3. The van der Waals surface area contributed by atoms with Crippen molar-refractivity contribution in [1.82, 2.24) is 0 Å². The Labute approximate surface area is 115 Å². The summed E-state index contributed by atoms with van der Waals surface area (Å²) in [5.74, 6) is -0.228. The number of ether oxygens (including phenoxy) is 2. The summed E-state index contributed by atoms with van der Waals surface area (Å²) < 4.78 is 37.0. The van der Waals surface area contributed by atoms with Gasteiger partial charge in [0.25, 0.3) is 0 Å². The first-order chi connectivity index (χ1) is 9.56. The van der Waals surface area contributed by atoms with Crippen molar-refractivity contribution in [3.8, 4) is 11.5 Å². The molecule has 0 aromatic heterocycles. The lowest BCUT2D eigenvalue weighted by Gasteiger charge is -2.17. The number of rotatable bonds is 4. The fourth-order valence-corrected chi connectivity index (χ4v) is 2.00. The van der Waals surface area contributed by atoms with Crippen molar-refractivity contribution in [2.45, 2.75) is 6.04 Å². The lowest BCUT2D eigenvalue weighted by molar-refractivity contribution is 0.389. The van der Waals surface area contributed by atoms with Crippen LogP contribution in [-0.4, -0.2) is 14.2 Å². The fraction of sp³-hybridized carbons (Fsp3) is 0.200. The molecule has 2 aromatic rings. The molecule has 1 atom stereocenters. The van der Waals surface area contributed by atoms with Crippen LogP contribution in [0.1, 0.15) is 17.2 Å². The second kappa shape index (κ2) is 5.88. The molecule has 0 saturated carbocycles. The third-order valence-corrected chi connectivity index (χ3v) is 3.07. The van der Waals surface area contributed by atoms with Crippen LogP contribution in [0, 0.1) is 11.6 Å². The van der Waals surface area contributed by atoms with E-state index in [1.807, 2.05) is 0 Å². The molecule has 0 radical (unpaired) electrons. The summed E-state index contributed by atoms with van der Waals surface area (Å²) in [7, 11) is 3.03. The Morgan fingerprint density at radius 1 is 0.950 bits per heavy atom. The molecule has 0 bridgehead atoms. The molecule has 0 aliphatic rings. The average Bonchev–Trinajstić information content (AvgIpc) is 2.46. The number of halogens is 2. The van der Waals surface area contributed by atoms with Gasteiger partial charge in [0.1, 0.15) is 23.1 Å². The highest BCUT2D eigenvalue weighted by atomic mass is 19.1. The van der Waals surface area contributed by atoms with Gasteiger partial charge in [-0.05, 0) is 18.2 Å². The minimum Gasteiger partial charge on any atom is -0.497 e. The molecule has 0 heterocycles. The van der Waals surface area contributed by atoms with Gasteiger partial charge < -0.3 is 15.2 Å². The highest BCUT2D eigenvalue weighted by molar-refractivity contribution is 5.46. The number of nitrogens with two attached hydrogens (primary N) is 1. The molecule has 1 unspecified atom stereocenters. The van der Waals surface area contributed by atoms with Gasteiger partial charge in [-0.15, -0.1) is 0 Å². The van der Waals surface area contributed by atoms with E-state index >= 15 is 0 Å². The Balaban J connectivity index is 2.44. The lowest BCUT2D eigenvalue weighted by atomic mass is 9.98. The smallest absolute Gasteiger partial charge is 0.131 e. The zero-order valence-corrected chi connectivity index (χ0v) is 11.2.